The second-order valence-corrected chi connectivity index (χ2v) is 6.52. The molecule has 0 radical (unpaired) electrons. The summed E-state index contributed by atoms with van der Waals surface area (Å²) < 4.78 is 0. The quantitative estimate of drug-likeness (QED) is 0.659. The van der Waals surface area contributed by atoms with Crippen molar-refractivity contribution in [2.75, 3.05) is 0 Å². The van der Waals surface area contributed by atoms with Gasteiger partial charge in [0.05, 0.1) is 0 Å². The number of rotatable bonds is 6. The molecule has 0 spiro atoms. The number of allylic oxidation sites excluding steroid dienone is 10. The van der Waals surface area contributed by atoms with Crippen LogP contribution in [0.3, 0.4) is 0 Å². The second-order valence-electron chi connectivity index (χ2n) is 6.52. The zero-order valence-electron chi connectivity index (χ0n) is 14.0. The van der Waals surface area contributed by atoms with Gasteiger partial charge in [0.2, 0.25) is 0 Å². The summed E-state index contributed by atoms with van der Waals surface area (Å²) in [6.07, 6.45) is 13.6. The lowest BCUT2D eigenvalue weighted by Gasteiger charge is -2.32. The molecule has 0 aromatic carbocycles. The minimum Gasteiger partial charge on any atom is -0.294 e. The summed E-state index contributed by atoms with van der Waals surface area (Å²) in [6, 6.07) is 0. The van der Waals surface area contributed by atoms with E-state index in [1.165, 1.54) is 0 Å². The molecule has 0 N–H and O–H groups in total. The Hall–Kier alpha value is -2.22. The van der Waals surface area contributed by atoms with Crippen molar-refractivity contribution in [3.05, 3.63) is 71.9 Å². The fraction of sp³-hybridized carbons (Fsp3) is 0.333. The first-order chi connectivity index (χ1) is 10.9. The normalized spacial score (nSPS) is 18.7. The van der Waals surface area contributed by atoms with Crippen molar-refractivity contribution in [2.24, 2.45) is 5.41 Å². The van der Waals surface area contributed by atoms with Crippen LogP contribution in [0.1, 0.15) is 39.5 Å². The first kappa shape index (κ1) is 17.1. The fourth-order valence-electron chi connectivity index (χ4n) is 3.02. The van der Waals surface area contributed by atoms with E-state index in [0.29, 0.717) is 25.7 Å². The molecule has 0 bridgehead atoms. The van der Waals surface area contributed by atoms with Gasteiger partial charge in [0.15, 0.2) is 11.6 Å². The van der Waals surface area contributed by atoms with Crippen molar-refractivity contribution in [1.29, 1.82) is 0 Å². The van der Waals surface area contributed by atoms with Crippen molar-refractivity contribution in [3.63, 3.8) is 0 Å². The topological polar surface area (TPSA) is 34.1 Å². The van der Waals surface area contributed by atoms with Gasteiger partial charge in [0.1, 0.15) is 0 Å². The average molecular weight is 308 g/mol. The summed E-state index contributed by atoms with van der Waals surface area (Å²) >= 11 is 0. The minimum atomic E-state index is -0.236. The van der Waals surface area contributed by atoms with Crippen LogP contribution in [0.5, 0.6) is 0 Å². The van der Waals surface area contributed by atoms with Gasteiger partial charge in [-0.05, 0) is 35.1 Å². The molecular formula is C21H24O2. The highest BCUT2D eigenvalue weighted by Crippen LogP contribution is 2.41. The molecule has 0 unspecified atom stereocenters. The highest BCUT2D eigenvalue weighted by Gasteiger charge is 2.30. The number of hydrogen-bond acceptors (Lipinski definition) is 2. The van der Waals surface area contributed by atoms with Crippen LogP contribution in [-0.4, -0.2) is 11.6 Å². The van der Waals surface area contributed by atoms with E-state index in [-0.39, 0.29) is 17.0 Å². The maximum Gasteiger partial charge on any atom is 0.162 e. The number of hydrogen-bond donors (Lipinski definition) is 0. The smallest absolute Gasteiger partial charge is 0.162 e. The SMILES string of the molecule is C=CCC1=CC(C(C)(C)C2=CCC(=O)C(CC=C)=C2)=CCC1=O. The highest BCUT2D eigenvalue weighted by molar-refractivity contribution is 5.99. The summed E-state index contributed by atoms with van der Waals surface area (Å²) in [4.78, 5) is 23.9. The third-order valence-corrected chi connectivity index (χ3v) is 4.56. The van der Waals surface area contributed by atoms with E-state index in [1.807, 2.05) is 24.3 Å². The Morgan fingerprint density at radius 2 is 1.30 bits per heavy atom. The van der Waals surface area contributed by atoms with Crippen LogP contribution in [0, 0.1) is 5.41 Å². The zero-order chi connectivity index (χ0) is 17.0. The van der Waals surface area contributed by atoms with E-state index in [0.717, 1.165) is 22.3 Å². The van der Waals surface area contributed by atoms with Crippen LogP contribution < -0.4 is 0 Å². The van der Waals surface area contributed by atoms with Gasteiger partial charge in [0.25, 0.3) is 0 Å². The van der Waals surface area contributed by atoms with Crippen molar-refractivity contribution >= 4 is 11.6 Å². The average Bonchev–Trinajstić information content (AvgIpc) is 2.51. The van der Waals surface area contributed by atoms with Crippen LogP contribution in [0.4, 0.5) is 0 Å². The van der Waals surface area contributed by atoms with Gasteiger partial charge in [-0.1, -0.05) is 50.3 Å². The van der Waals surface area contributed by atoms with Crippen molar-refractivity contribution in [2.45, 2.75) is 39.5 Å². The van der Waals surface area contributed by atoms with Crippen LogP contribution in [0.25, 0.3) is 0 Å². The molecule has 2 aliphatic carbocycles. The summed E-state index contributed by atoms with van der Waals surface area (Å²) in [7, 11) is 0. The number of Topliss-reactive ketones (excluding diaryl/α,β-unsaturated/α-hetero) is 2. The molecule has 0 atom stereocenters. The lowest BCUT2D eigenvalue weighted by Crippen LogP contribution is -2.22. The Labute approximate surface area is 138 Å². The summed E-state index contributed by atoms with van der Waals surface area (Å²) in [5.41, 5.74) is 3.65. The van der Waals surface area contributed by atoms with Crippen molar-refractivity contribution in [1.82, 2.24) is 0 Å². The van der Waals surface area contributed by atoms with Gasteiger partial charge in [-0.15, -0.1) is 13.2 Å². The molecule has 23 heavy (non-hydrogen) atoms. The fourth-order valence-corrected chi connectivity index (χ4v) is 3.02. The molecule has 0 amide bonds. The molecule has 0 aromatic rings. The first-order valence-corrected chi connectivity index (χ1v) is 8.00. The lowest BCUT2D eigenvalue weighted by atomic mass is 9.71. The zero-order valence-corrected chi connectivity index (χ0v) is 14.0. The van der Waals surface area contributed by atoms with Gasteiger partial charge < -0.3 is 0 Å². The van der Waals surface area contributed by atoms with E-state index >= 15 is 0 Å². The van der Waals surface area contributed by atoms with Crippen molar-refractivity contribution < 1.29 is 9.59 Å². The minimum absolute atomic E-state index is 0.167. The van der Waals surface area contributed by atoms with Crippen LogP contribution in [0.15, 0.2) is 71.9 Å². The van der Waals surface area contributed by atoms with Gasteiger partial charge in [0, 0.05) is 18.3 Å². The highest BCUT2D eigenvalue weighted by atomic mass is 16.1. The largest absolute Gasteiger partial charge is 0.294 e. The third kappa shape index (κ3) is 3.58. The molecule has 2 nitrogen and oxygen atoms in total. The molecule has 2 rings (SSSR count). The molecule has 0 aliphatic heterocycles. The molecule has 0 heterocycles. The maximum absolute atomic E-state index is 12.0. The number of carbonyl (C=O) groups excluding carboxylic acids is 2. The van der Waals surface area contributed by atoms with Gasteiger partial charge >= 0.3 is 0 Å². The molecule has 0 saturated carbocycles. The van der Waals surface area contributed by atoms with Gasteiger partial charge in [-0.3, -0.25) is 9.59 Å². The van der Waals surface area contributed by atoms with E-state index in [9.17, 15) is 9.59 Å². The van der Waals surface area contributed by atoms with E-state index < -0.39 is 0 Å². The molecule has 2 aliphatic rings. The van der Waals surface area contributed by atoms with Crippen molar-refractivity contribution in [3.8, 4) is 0 Å². The van der Waals surface area contributed by atoms with E-state index in [4.69, 9.17) is 0 Å². The molecule has 0 saturated heterocycles. The van der Waals surface area contributed by atoms with Crippen LogP contribution in [-0.2, 0) is 9.59 Å². The molecular weight excluding hydrogens is 284 g/mol. The second kappa shape index (κ2) is 6.91. The molecule has 0 aromatic heterocycles. The predicted molar refractivity (Wildman–Crippen MR) is 95.0 cm³/mol. The molecule has 2 heteroatoms. The molecule has 120 valence electrons. The standard InChI is InChI=1S/C21H24O2/c1-5-7-15-13-17(9-11-19(15)22)21(3,4)18-10-12-20(23)16(14-18)8-6-2/h5-6,9-10,13-14H,1-2,7-8,11-12H2,3-4H3. The van der Waals surface area contributed by atoms with Crippen LogP contribution >= 0.6 is 0 Å². The third-order valence-electron chi connectivity index (χ3n) is 4.56. The number of carbonyl (C=O) groups is 2. The Morgan fingerprint density at radius 3 is 1.65 bits per heavy atom. The predicted octanol–water partition coefficient (Wildman–Crippen LogP) is 4.82. The van der Waals surface area contributed by atoms with Gasteiger partial charge in [-0.25, -0.2) is 0 Å². The summed E-state index contributed by atoms with van der Waals surface area (Å²) in [5.74, 6) is 0.334. The molecule has 0 fully saturated rings. The Bertz CT molecular complexity index is 621. The van der Waals surface area contributed by atoms with Gasteiger partial charge in [-0.2, -0.15) is 0 Å². The lowest BCUT2D eigenvalue weighted by molar-refractivity contribution is -0.115. The summed E-state index contributed by atoms with van der Waals surface area (Å²) in [5, 5.41) is 0. The summed E-state index contributed by atoms with van der Waals surface area (Å²) in [6.45, 7) is 11.7. The number of ketones is 2. The Morgan fingerprint density at radius 1 is 0.913 bits per heavy atom. The Balaban J connectivity index is 2.35. The Kier molecular flexibility index (Phi) is 5.15. The monoisotopic (exact) mass is 308 g/mol. The van der Waals surface area contributed by atoms with E-state index in [2.05, 4.69) is 27.0 Å². The first-order valence-electron chi connectivity index (χ1n) is 8.00. The van der Waals surface area contributed by atoms with E-state index in [1.54, 1.807) is 12.2 Å². The van der Waals surface area contributed by atoms with Crippen LogP contribution in [0.2, 0.25) is 0 Å². The maximum atomic E-state index is 12.0.